The van der Waals surface area contributed by atoms with E-state index in [0.717, 1.165) is 78.7 Å². The van der Waals surface area contributed by atoms with Crippen molar-refractivity contribution in [1.82, 2.24) is 9.97 Å². The van der Waals surface area contributed by atoms with Crippen LogP contribution in [0.2, 0.25) is 0 Å². The van der Waals surface area contributed by atoms with Gasteiger partial charge in [-0.15, -0.1) is 11.3 Å². The van der Waals surface area contributed by atoms with Crippen LogP contribution >= 0.6 is 43.2 Å². The van der Waals surface area contributed by atoms with Gasteiger partial charge in [0.15, 0.2) is 0 Å². The normalized spacial score (nSPS) is 11.3. The Morgan fingerprint density at radius 1 is 0.585 bits per heavy atom. The minimum atomic E-state index is 0.730. The maximum absolute atomic E-state index is 6.16. The molecule has 0 spiro atoms. The van der Waals surface area contributed by atoms with Gasteiger partial charge in [0.25, 0.3) is 0 Å². The van der Waals surface area contributed by atoms with Crippen LogP contribution in [0.25, 0.3) is 33.5 Å². The second kappa shape index (κ2) is 17.2. The molecule has 2 aromatic heterocycles. The monoisotopic (exact) mass is 700 g/mol. The molecule has 0 fully saturated rings. The average Bonchev–Trinajstić information content (AvgIpc) is 3.27. The van der Waals surface area contributed by atoms with Gasteiger partial charge in [0.2, 0.25) is 0 Å². The van der Waals surface area contributed by atoms with Gasteiger partial charge < -0.3 is 9.47 Å². The number of rotatable bonds is 18. The van der Waals surface area contributed by atoms with E-state index >= 15 is 0 Å². The summed E-state index contributed by atoms with van der Waals surface area (Å²) in [6, 6.07) is 16.5. The van der Waals surface area contributed by atoms with Crippen LogP contribution in [0, 0.1) is 0 Å². The molecule has 2 aromatic carbocycles. The van der Waals surface area contributed by atoms with Crippen LogP contribution in [0.4, 0.5) is 0 Å². The Morgan fingerprint density at radius 2 is 1.00 bits per heavy atom. The van der Waals surface area contributed by atoms with Gasteiger partial charge in [-0.1, -0.05) is 102 Å². The van der Waals surface area contributed by atoms with Gasteiger partial charge >= 0.3 is 0 Å². The number of hydrogen-bond donors (Lipinski definition) is 0. The molecule has 0 aliphatic rings. The van der Waals surface area contributed by atoms with Crippen molar-refractivity contribution in [1.29, 1.82) is 0 Å². The maximum atomic E-state index is 6.16. The minimum Gasteiger partial charge on any atom is -0.494 e. The van der Waals surface area contributed by atoms with Crippen LogP contribution in [-0.4, -0.2) is 23.2 Å². The molecule has 0 aliphatic carbocycles. The van der Waals surface area contributed by atoms with E-state index in [-0.39, 0.29) is 0 Å². The SMILES string of the molecule is CCCCCCCCOc1cccc(-c2nc3c(Br)sc(Br)c3nc2-c2cccc(OCCCCCCCC)c2)c1. The third kappa shape index (κ3) is 9.52. The lowest BCUT2D eigenvalue weighted by molar-refractivity contribution is 0.304. The van der Waals surface area contributed by atoms with Crippen molar-refractivity contribution in [2.24, 2.45) is 0 Å². The van der Waals surface area contributed by atoms with Crippen molar-refractivity contribution in [3.05, 3.63) is 56.1 Å². The summed E-state index contributed by atoms with van der Waals surface area (Å²) in [6.45, 7) is 5.96. The lowest BCUT2D eigenvalue weighted by Crippen LogP contribution is -1.99. The summed E-state index contributed by atoms with van der Waals surface area (Å²) in [5.74, 6) is 1.73. The van der Waals surface area contributed by atoms with Crippen LogP contribution in [0.15, 0.2) is 56.1 Å². The van der Waals surface area contributed by atoms with Crippen molar-refractivity contribution in [2.75, 3.05) is 13.2 Å². The highest BCUT2D eigenvalue weighted by Gasteiger charge is 2.19. The van der Waals surface area contributed by atoms with E-state index in [1.165, 1.54) is 64.2 Å². The number of nitrogens with zero attached hydrogens (tertiary/aromatic N) is 2. The van der Waals surface area contributed by atoms with Crippen LogP contribution in [-0.2, 0) is 0 Å². The summed E-state index contributed by atoms with van der Waals surface area (Å²) in [5.41, 5.74) is 5.36. The highest BCUT2D eigenvalue weighted by molar-refractivity contribution is 9.12. The lowest BCUT2D eigenvalue weighted by Gasteiger charge is -2.13. The van der Waals surface area contributed by atoms with Crippen molar-refractivity contribution < 1.29 is 9.47 Å². The Morgan fingerprint density at radius 3 is 1.44 bits per heavy atom. The molecule has 4 nitrogen and oxygen atoms in total. The predicted octanol–water partition coefficient (Wildman–Crippen LogP) is 12.0. The van der Waals surface area contributed by atoms with Gasteiger partial charge in [-0.25, -0.2) is 9.97 Å². The zero-order valence-electron chi connectivity index (χ0n) is 24.4. The molecule has 0 amide bonds. The standard InChI is InChI=1S/C34H42Br2N2O2S/c1-3-5-7-9-11-13-21-39-27-19-15-17-25(23-27)29-30(38-32-31(37-29)33(35)41-34(32)36)26-18-16-20-28(24-26)40-22-14-12-10-8-6-4-2/h15-20,23-24H,3-14,21-22H2,1-2H3. The van der Waals surface area contributed by atoms with Gasteiger partial charge in [0, 0.05) is 11.1 Å². The van der Waals surface area contributed by atoms with E-state index in [2.05, 4.69) is 70.0 Å². The van der Waals surface area contributed by atoms with Gasteiger partial charge in [-0.05, 0) is 69.0 Å². The summed E-state index contributed by atoms with van der Waals surface area (Å²) < 4.78 is 14.2. The topological polar surface area (TPSA) is 44.2 Å². The number of unbranched alkanes of at least 4 members (excludes halogenated alkanes) is 10. The smallest absolute Gasteiger partial charge is 0.119 e. The first kappa shape index (κ1) is 32.0. The third-order valence-corrected chi connectivity index (χ3v) is 9.66. The molecule has 7 heteroatoms. The fourth-order valence-corrected chi connectivity index (χ4v) is 7.71. The molecule has 0 N–H and O–H groups in total. The van der Waals surface area contributed by atoms with E-state index in [4.69, 9.17) is 19.4 Å². The highest BCUT2D eigenvalue weighted by Crippen LogP contribution is 2.41. The summed E-state index contributed by atoms with van der Waals surface area (Å²) in [7, 11) is 0. The number of fused-ring (bicyclic) bond motifs is 1. The van der Waals surface area contributed by atoms with Crippen LogP contribution < -0.4 is 9.47 Å². The maximum Gasteiger partial charge on any atom is 0.119 e. The average molecular weight is 703 g/mol. The molecule has 4 aromatic rings. The Hall–Kier alpha value is -1.96. The molecule has 0 aliphatic heterocycles. The fourth-order valence-electron chi connectivity index (χ4n) is 4.90. The fraction of sp³-hybridized carbons (Fsp3) is 0.471. The zero-order valence-corrected chi connectivity index (χ0v) is 28.4. The van der Waals surface area contributed by atoms with Crippen molar-refractivity contribution in [3.8, 4) is 34.0 Å². The summed E-state index contributed by atoms with van der Waals surface area (Å²) in [6.07, 6.45) is 15.0. The summed E-state index contributed by atoms with van der Waals surface area (Å²) >= 11 is 8.98. The second-order valence-corrected chi connectivity index (χ2v) is 14.2. The summed E-state index contributed by atoms with van der Waals surface area (Å²) in [4.78, 5) is 10.3. The minimum absolute atomic E-state index is 0.730. The van der Waals surface area contributed by atoms with Crippen LogP contribution in [0.3, 0.4) is 0 Å². The molecule has 0 bridgehead atoms. The first-order valence-corrected chi connectivity index (χ1v) is 17.6. The van der Waals surface area contributed by atoms with E-state index < -0.39 is 0 Å². The number of hydrogen-bond acceptors (Lipinski definition) is 5. The Kier molecular flexibility index (Phi) is 13.4. The van der Waals surface area contributed by atoms with E-state index in [0.29, 0.717) is 0 Å². The molecule has 2 heterocycles. The van der Waals surface area contributed by atoms with Crippen LogP contribution in [0.5, 0.6) is 11.5 Å². The molecule has 0 unspecified atom stereocenters. The Labute approximate surface area is 266 Å². The summed E-state index contributed by atoms with van der Waals surface area (Å²) in [5, 5.41) is 0. The quantitative estimate of drug-likeness (QED) is 0.0969. The molecule has 0 radical (unpaired) electrons. The zero-order chi connectivity index (χ0) is 28.9. The number of ether oxygens (including phenoxy) is 2. The highest BCUT2D eigenvalue weighted by atomic mass is 79.9. The molecular weight excluding hydrogens is 660 g/mol. The molecule has 41 heavy (non-hydrogen) atoms. The number of halogens is 2. The molecule has 4 rings (SSSR count). The van der Waals surface area contributed by atoms with E-state index in [1.807, 2.05) is 24.3 Å². The number of aromatic nitrogens is 2. The lowest BCUT2D eigenvalue weighted by atomic mass is 10.0. The van der Waals surface area contributed by atoms with Crippen LogP contribution in [0.1, 0.15) is 90.9 Å². The first-order chi connectivity index (χ1) is 20.1. The Bertz CT molecular complexity index is 1270. The van der Waals surface area contributed by atoms with Gasteiger partial charge in [-0.2, -0.15) is 0 Å². The van der Waals surface area contributed by atoms with Gasteiger partial charge in [0.05, 0.1) is 32.2 Å². The predicted molar refractivity (Wildman–Crippen MR) is 181 cm³/mol. The van der Waals surface area contributed by atoms with E-state index in [1.54, 1.807) is 11.3 Å². The largest absolute Gasteiger partial charge is 0.494 e. The molecule has 0 saturated carbocycles. The number of benzene rings is 2. The molecule has 0 saturated heterocycles. The molecule has 220 valence electrons. The van der Waals surface area contributed by atoms with Crippen molar-refractivity contribution in [2.45, 2.75) is 90.9 Å². The third-order valence-electron chi connectivity index (χ3n) is 7.20. The van der Waals surface area contributed by atoms with Gasteiger partial charge in [-0.3, -0.25) is 0 Å². The van der Waals surface area contributed by atoms with Crippen molar-refractivity contribution in [3.63, 3.8) is 0 Å². The van der Waals surface area contributed by atoms with Crippen molar-refractivity contribution >= 4 is 54.2 Å². The number of thiophene rings is 1. The molecular formula is C34H42Br2N2O2S. The van der Waals surface area contributed by atoms with E-state index in [9.17, 15) is 0 Å². The second-order valence-electron chi connectivity index (χ2n) is 10.6. The molecule has 0 atom stereocenters. The van der Waals surface area contributed by atoms with Gasteiger partial charge in [0.1, 0.15) is 22.5 Å². The Balaban J connectivity index is 1.54. The first-order valence-electron chi connectivity index (χ1n) is 15.2.